The first-order chi connectivity index (χ1) is 19.1. The molecule has 10 heteroatoms. The molecule has 1 N–H and O–H groups in total. The number of tetrazole rings is 1. The summed E-state index contributed by atoms with van der Waals surface area (Å²) in [5.74, 6) is 1.38. The molecule has 0 unspecified atom stereocenters. The van der Waals surface area contributed by atoms with E-state index in [9.17, 15) is 9.59 Å². The molecule has 0 bridgehead atoms. The summed E-state index contributed by atoms with van der Waals surface area (Å²) in [6.07, 6.45) is 4.20. The number of aryl methyl sites for hydroxylation is 2. The normalized spacial score (nSPS) is 11.5. The summed E-state index contributed by atoms with van der Waals surface area (Å²) in [4.78, 5) is 31.8. The molecule has 202 valence electrons. The minimum Gasteiger partial charge on any atom is -0.318 e. The molecule has 3 heterocycles. The fraction of sp³-hybridized carbons (Fsp3) is 0.379. The Labute approximate surface area is 226 Å². The van der Waals surface area contributed by atoms with Crippen LogP contribution in [0.1, 0.15) is 57.8 Å². The number of unbranched alkanes of at least 4 members (excludes halogenated alkanes) is 1. The van der Waals surface area contributed by atoms with Crippen molar-refractivity contribution in [3.8, 4) is 22.5 Å². The predicted octanol–water partition coefficient (Wildman–Crippen LogP) is 4.42. The zero-order valence-corrected chi connectivity index (χ0v) is 22.7. The number of hydrogen-bond donors (Lipinski definition) is 1. The molecule has 2 aromatic carbocycles. The summed E-state index contributed by atoms with van der Waals surface area (Å²) in [5.41, 5.74) is 4.45. The van der Waals surface area contributed by atoms with E-state index in [4.69, 9.17) is 4.98 Å². The maximum atomic E-state index is 13.7. The predicted molar refractivity (Wildman–Crippen MR) is 152 cm³/mol. The van der Waals surface area contributed by atoms with Gasteiger partial charge in [0.05, 0.1) is 0 Å². The van der Waals surface area contributed by atoms with Gasteiger partial charge in [-0.25, -0.2) is 9.78 Å². The van der Waals surface area contributed by atoms with Crippen LogP contribution in [0.2, 0.25) is 0 Å². The van der Waals surface area contributed by atoms with Crippen molar-refractivity contribution in [3.63, 3.8) is 0 Å². The molecule has 0 aliphatic rings. The van der Waals surface area contributed by atoms with E-state index in [1.54, 1.807) is 4.57 Å². The Morgan fingerprint density at radius 1 is 0.821 bits per heavy atom. The quantitative estimate of drug-likeness (QED) is 0.272. The van der Waals surface area contributed by atoms with E-state index in [1.165, 1.54) is 4.57 Å². The number of nitrogens with zero attached hydrogens (tertiary/aromatic N) is 7. The number of aromatic amines is 1. The maximum Gasteiger partial charge on any atom is 0.332 e. The fourth-order valence-corrected chi connectivity index (χ4v) is 5.06. The highest BCUT2D eigenvalue weighted by Crippen LogP contribution is 2.30. The molecule has 0 spiro atoms. The minimum absolute atomic E-state index is 0.259. The van der Waals surface area contributed by atoms with Crippen LogP contribution in [0.15, 0.2) is 58.1 Å². The molecule has 0 amide bonds. The monoisotopic (exact) mass is 526 g/mol. The van der Waals surface area contributed by atoms with Gasteiger partial charge >= 0.3 is 5.69 Å². The van der Waals surface area contributed by atoms with Crippen LogP contribution < -0.4 is 11.2 Å². The second-order valence-corrected chi connectivity index (χ2v) is 9.76. The average molecular weight is 527 g/mol. The Balaban J connectivity index is 1.59. The lowest BCUT2D eigenvalue weighted by Gasteiger charge is -2.13. The lowest BCUT2D eigenvalue weighted by atomic mass is 9.98. The Morgan fingerprint density at radius 3 is 2.21 bits per heavy atom. The van der Waals surface area contributed by atoms with Crippen molar-refractivity contribution in [1.29, 1.82) is 0 Å². The molecule has 10 nitrogen and oxygen atoms in total. The van der Waals surface area contributed by atoms with E-state index in [1.807, 2.05) is 42.7 Å². The van der Waals surface area contributed by atoms with Gasteiger partial charge in [-0.15, -0.1) is 10.2 Å². The van der Waals surface area contributed by atoms with Crippen LogP contribution in [-0.2, 0) is 26.1 Å². The maximum absolute atomic E-state index is 13.7. The molecule has 3 aromatic heterocycles. The standard InChI is InChI=1S/C29H34N8O2/c1-4-7-12-24-30-27-25(28(38)36(18-6-3)29(39)35(27)17-5-2)37(24)19-20-13-15-21(16-14-20)22-10-8-9-11-23(22)26-31-33-34-32-26/h8-11,13-16H,4-7,12,17-19H2,1-3H3,(H,31,32,33,34). The van der Waals surface area contributed by atoms with Crippen LogP contribution in [0.4, 0.5) is 0 Å². The Kier molecular flexibility index (Phi) is 7.81. The molecular formula is C29H34N8O2. The zero-order chi connectivity index (χ0) is 27.4. The molecule has 39 heavy (non-hydrogen) atoms. The lowest BCUT2D eigenvalue weighted by Crippen LogP contribution is -2.40. The summed E-state index contributed by atoms with van der Waals surface area (Å²) >= 11 is 0. The van der Waals surface area contributed by atoms with Gasteiger partial charge in [0, 0.05) is 31.6 Å². The first kappa shape index (κ1) is 26.3. The van der Waals surface area contributed by atoms with E-state index < -0.39 is 0 Å². The van der Waals surface area contributed by atoms with E-state index >= 15 is 0 Å². The first-order valence-electron chi connectivity index (χ1n) is 13.7. The number of H-pyrrole nitrogens is 1. The minimum atomic E-state index is -0.271. The van der Waals surface area contributed by atoms with Gasteiger partial charge in [0.25, 0.3) is 5.56 Å². The second-order valence-electron chi connectivity index (χ2n) is 9.76. The average Bonchev–Trinajstić information content (AvgIpc) is 3.62. The van der Waals surface area contributed by atoms with Crippen LogP contribution >= 0.6 is 0 Å². The SMILES string of the molecule is CCCCc1nc2c(c(=O)n(CCC)c(=O)n2CCC)n1Cc1ccc(-c2ccccc2-c2nn[nH]n2)cc1. The van der Waals surface area contributed by atoms with Crippen molar-refractivity contribution < 1.29 is 0 Å². The summed E-state index contributed by atoms with van der Waals surface area (Å²) in [6, 6.07) is 16.2. The van der Waals surface area contributed by atoms with Gasteiger partial charge in [0.2, 0.25) is 5.82 Å². The van der Waals surface area contributed by atoms with E-state index in [-0.39, 0.29) is 11.2 Å². The largest absolute Gasteiger partial charge is 0.332 e. The number of imidazole rings is 1. The summed E-state index contributed by atoms with van der Waals surface area (Å²) < 4.78 is 5.07. The third-order valence-electron chi connectivity index (χ3n) is 6.96. The molecular weight excluding hydrogens is 492 g/mol. The molecule has 0 radical (unpaired) electrons. The Morgan fingerprint density at radius 2 is 1.54 bits per heavy atom. The zero-order valence-electron chi connectivity index (χ0n) is 22.7. The second kappa shape index (κ2) is 11.6. The Bertz CT molecular complexity index is 1680. The van der Waals surface area contributed by atoms with Crippen molar-refractivity contribution in [1.82, 2.24) is 39.3 Å². The topological polar surface area (TPSA) is 116 Å². The molecule has 0 atom stereocenters. The molecule has 0 aliphatic carbocycles. The number of rotatable bonds is 11. The molecule has 0 aliphatic heterocycles. The van der Waals surface area contributed by atoms with Crippen molar-refractivity contribution in [3.05, 3.63) is 80.8 Å². The number of hydrogen-bond acceptors (Lipinski definition) is 6. The van der Waals surface area contributed by atoms with Crippen LogP contribution in [0.3, 0.4) is 0 Å². The molecule has 5 rings (SSSR count). The van der Waals surface area contributed by atoms with Crippen molar-refractivity contribution >= 4 is 11.2 Å². The van der Waals surface area contributed by atoms with E-state index in [2.05, 4.69) is 51.8 Å². The molecule has 5 aromatic rings. The van der Waals surface area contributed by atoms with E-state index in [0.717, 1.165) is 53.8 Å². The van der Waals surface area contributed by atoms with Gasteiger partial charge in [0.1, 0.15) is 5.82 Å². The van der Waals surface area contributed by atoms with Crippen LogP contribution in [0.25, 0.3) is 33.7 Å². The Hall–Kier alpha value is -4.34. The van der Waals surface area contributed by atoms with E-state index in [0.29, 0.717) is 43.0 Å². The smallest absolute Gasteiger partial charge is 0.318 e. The van der Waals surface area contributed by atoms with Gasteiger partial charge < -0.3 is 4.57 Å². The highest BCUT2D eigenvalue weighted by Gasteiger charge is 2.21. The number of aromatic nitrogens is 8. The fourth-order valence-electron chi connectivity index (χ4n) is 5.06. The summed E-state index contributed by atoms with van der Waals surface area (Å²) in [7, 11) is 0. The van der Waals surface area contributed by atoms with Gasteiger partial charge in [0.15, 0.2) is 11.2 Å². The van der Waals surface area contributed by atoms with Gasteiger partial charge in [-0.2, -0.15) is 5.21 Å². The highest BCUT2D eigenvalue weighted by atomic mass is 16.2. The third kappa shape index (κ3) is 5.06. The highest BCUT2D eigenvalue weighted by molar-refractivity contribution is 5.80. The third-order valence-corrected chi connectivity index (χ3v) is 6.96. The summed E-state index contributed by atoms with van der Waals surface area (Å²) in [5, 5.41) is 14.5. The number of fused-ring (bicyclic) bond motifs is 1. The van der Waals surface area contributed by atoms with Crippen LogP contribution in [0, 0.1) is 0 Å². The van der Waals surface area contributed by atoms with Crippen molar-refractivity contribution in [2.75, 3.05) is 0 Å². The van der Waals surface area contributed by atoms with Crippen LogP contribution in [-0.4, -0.2) is 39.3 Å². The molecule has 0 saturated carbocycles. The number of benzene rings is 2. The first-order valence-corrected chi connectivity index (χ1v) is 13.7. The van der Waals surface area contributed by atoms with Crippen molar-refractivity contribution in [2.45, 2.75) is 72.5 Å². The van der Waals surface area contributed by atoms with Gasteiger partial charge in [-0.1, -0.05) is 75.7 Å². The van der Waals surface area contributed by atoms with Crippen LogP contribution in [0.5, 0.6) is 0 Å². The molecule has 0 fully saturated rings. The molecule has 0 saturated heterocycles. The van der Waals surface area contributed by atoms with Gasteiger partial charge in [-0.05, 0) is 41.2 Å². The number of nitrogens with one attached hydrogen (secondary N) is 1. The summed E-state index contributed by atoms with van der Waals surface area (Å²) in [6.45, 7) is 7.55. The van der Waals surface area contributed by atoms with Crippen molar-refractivity contribution in [2.24, 2.45) is 0 Å². The van der Waals surface area contributed by atoms with Gasteiger partial charge in [-0.3, -0.25) is 13.9 Å². The lowest BCUT2D eigenvalue weighted by molar-refractivity contribution is 0.554.